The molecule has 0 atom stereocenters. The fourth-order valence-electron chi connectivity index (χ4n) is 4.34. The van der Waals surface area contributed by atoms with Gasteiger partial charge in [-0.3, -0.25) is 14.4 Å². The highest BCUT2D eigenvalue weighted by molar-refractivity contribution is 8.00. The van der Waals surface area contributed by atoms with E-state index in [4.69, 9.17) is 0 Å². The lowest BCUT2D eigenvalue weighted by atomic mass is 10.0. The van der Waals surface area contributed by atoms with Crippen LogP contribution in [0.15, 0.2) is 106 Å². The number of fused-ring (bicyclic) bond motifs is 1. The third kappa shape index (κ3) is 6.85. The van der Waals surface area contributed by atoms with Crippen LogP contribution in [-0.4, -0.2) is 30.0 Å². The molecule has 1 aromatic heterocycles. The Balaban J connectivity index is 1.25. The highest BCUT2D eigenvalue weighted by Crippen LogP contribution is 2.29. The molecule has 2 N–H and O–H groups in total. The van der Waals surface area contributed by atoms with Gasteiger partial charge in [-0.15, -0.1) is 11.8 Å². The molecule has 5 rings (SSSR count). The van der Waals surface area contributed by atoms with E-state index in [0.29, 0.717) is 17.0 Å². The average Bonchev–Trinajstić information content (AvgIpc) is 3.49. The molecule has 0 fully saturated rings. The van der Waals surface area contributed by atoms with E-state index in [1.54, 1.807) is 36.4 Å². The first-order valence-corrected chi connectivity index (χ1v) is 14.5. The minimum Gasteiger partial charge on any atom is -0.321 e. The van der Waals surface area contributed by atoms with Gasteiger partial charge in [0, 0.05) is 28.4 Å². The van der Waals surface area contributed by atoms with Crippen LogP contribution < -0.4 is 15.5 Å². The zero-order chi connectivity index (χ0) is 27.0. The first kappa shape index (κ1) is 26.5. The second-order valence-corrected chi connectivity index (χ2v) is 10.8. The molecule has 0 saturated heterocycles. The molecule has 0 spiro atoms. The van der Waals surface area contributed by atoms with Crippen LogP contribution in [0.4, 0.5) is 11.4 Å². The number of nitrogens with zero attached hydrogens (tertiary/aromatic N) is 1. The molecule has 0 bridgehead atoms. The Morgan fingerprint density at radius 3 is 2.59 bits per heavy atom. The van der Waals surface area contributed by atoms with Crippen molar-refractivity contribution in [2.45, 2.75) is 17.7 Å². The van der Waals surface area contributed by atoms with Crippen molar-refractivity contribution >= 4 is 58.3 Å². The maximum absolute atomic E-state index is 13.2. The van der Waals surface area contributed by atoms with Gasteiger partial charge in [-0.2, -0.15) is 11.3 Å². The van der Waals surface area contributed by atoms with Gasteiger partial charge in [0.15, 0.2) is 0 Å². The molecule has 0 saturated carbocycles. The predicted octanol–water partition coefficient (Wildman–Crippen LogP) is 6.23. The van der Waals surface area contributed by atoms with Crippen molar-refractivity contribution in [2.24, 2.45) is 0 Å². The lowest BCUT2D eigenvalue weighted by Gasteiger charge is -2.29. The summed E-state index contributed by atoms with van der Waals surface area (Å²) in [7, 11) is 0. The fraction of sp³-hybridized carbons (Fsp3) is 0.129. The van der Waals surface area contributed by atoms with E-state index in [1.807, 2.05) is 64.2 Å². The average molecular weight is 554 g/mol. The van der Waals surface area contributed by atoms with Crippen LogP contribution in [0.3, 0.4) is 0 Å². The first-order valence-electron chi connectivity index (χ1n) is 12.6. The molecule has 39 heavy (non-hydrogen) atoms. The van der Waals surface area contributed by atoms with Crippen molar-refractivity contribution in [1.29, 1.82) is 0 Å². The van der Waals surface area contributed by atoms with E-state index in [9.17, 15) is 14.4 Å². The minimum absolute atomic E-state index is 0.0613. The largest absolute Gasteiger partial charge is 0.321 e. The van der Waals surface area contributed by atoms with Crippen molar-refractivity contribution in [3.63, 3.8) is 0 Å². The number of aryl methyl sites for hydroxylation is 1. The number of carbonyl (C=O) groups is 3. The number of thioether (sulfide) groups is 1. The summed E-state index contributed by atoms with van der Waals surface area (Å²) in [5.41, 5.74) is 4.20. The number of para-hydroxylation sites is 1. The van der Waals surface area contributed by atoms with Gasteiger partial charge in [0.1, 0.15) is 5.70 Å². The number of hydrogen-bond acceptors (Lipinski definition) is 5. The number of carbonyl (C=O) groups excluding carboxylic acids is 3. The maximum Gasteiger partial charge on any atom is 0.272 e. The zero-order valence-corrected chi connectivity index (χ0v) is 22.8. The van der Waals surface area contributed by atoms with Crippen molar-refractivity contribution in [1.82, 2.24) is 5.32 Å². The molecule has 3 amide bonds. The van der Waals surface area contributed by atoms with Gasteiger partial charge in [-0.1, -0.05) is 42.5 Å². The lowest BCUT2D eigenvalue weighted by Crippen LogP contribution is -2.36. The van der Waals surface area contributed by atoms with Crippen molar-refractivity contribution in [3.8, 4) is 0 Å². The molecule has 0 unspecified atom stereocenters. The highest BCUT2D eigenvalue weighted by Gasteiger charge is 2.22. The molecular weight excluding hydrogens is 526 g/mol. The molecular formula is C31H27N3O3S2. The molecule has 8 heteroatoms. The van der Waals surface area contributed by atoms with Gasteiger partial charge in [0.25, 0.3) is 11.8 Å². The molecule has 1 aliphatic rings. The highest BCUT2D eigenvalue weighted by atomic mass is 32.2. The molecule has 196 valence electrons. The third-order valence-electron chi connectivity index (χ3n) is 6.25. The number of rotatable bonds is 8. The van der Waals surface area contributed by atoms with Gasteiger partial charge in [-0.05, 0) is 83.3 Å². The Morgan fingerprint density at radius 2 is 1.77 bits per heavy atom. The van der Waals surface area contributed by atoms with E-state index in [0.717, 1.165) is 35.5 Å². The van der Waals surface area contributed by atoms with Crippen LogP contribution in [0.25, 0.3) is 6.08 Å². The van der Waals surface area contributed by atoms with E-state index in [-0.39, 0.29) is 17.5 Å². The van der Waals surface area contributed by atoms with E-state index >= 15 is 0 Å². The summed E-state index contributed by atoms with van der Waals surface area (Å²) in [6, 6.07) is 26.1. The summed E-state index contributed by atoms with van der Waals surface area (Å²) in [5.74, 6) is -0.448. The predicted molar refractivity (Wildman–Crippen MR) is 159 cm³/mol. The topological polar surface area (TPSA) is 78.5 Å². The van der Waals surface area contributed by atoms with Crippen molar-refractivity contribution in [3.05, 3.63) is 118 Å². The Hall–Kier alpha value is -4.14. The minimum atomic E-state index is -0.436. The summed E-state index contributed by atoms with van der Waals surface area (Å²) in [6.07, 6.45) is 3.60. The molecule has 0 aliphatic carbocycles. The van der Waals surface area contributed by atoms with Crippen molar-refractivity contribution in [2.75, 3.05) is 22.5 Å². The second kappa shape index (κ2) is 12.6. The SMILES string of the molecule is O=C(Nc1cccc(SCC(=O)N2CCCc3ccccc32)c1)/C(=C/c1ccsc1)NC(=O)c1ccccc1. The summed E-state index contributed by atoms with van der Waals surface area (Å²) in [5, 5.41) is 9.45. The smallest absolute Gasteiger partial charge is 0.272 e. The van der Waals surface area contributed by atoms with Gasteiger partial charge in [0.05, 0.1) is 5.75 Å². The molecule has 6 nitrogen and oxygen atoms in total. The molecule has 3 aromatic carbocycles. The fourth-order valence-corrected chi connectivity index (χ4v) is 5.79. The van der Waals surface area contributed by atoms with Crippen LogP contribution in [0.5, 0.6) is 0 Å². The molecule has 4 aromatic rings. The van der Waals surface area contributed by atoms with E-state index in [1.165, 1.54) is 28.7 Å². The number of amides is 3. The van der Waals surface area contributed by atoms with Gasteiger partial charge < -0.3 is 15.5 Å². The molecule has 0 radical (unpaired) electrons. The van der Waals surface area contributed by atoms with E-state index < -0.39 is 5.91 Å². The van der Waals surface area contributed by atoms with Crippen LogP contribution in [0.2, 0.25) is 0 Å². The van der Waals surface area contributed by atoms with Crippen LogP contribution >= 0.6 is 23.1 Å². The number of anilines is 2. The first-order chi connectivity index (χ1) is 19.1. The number of nitrogens with one attached hydrogen (secondary N) is 2. The molecule has 1 aliphatic heterocycles. The monoisotopic (exact) mass is 553 g/mol. The van der Waals surface area contributed by atoms with Gasteiger partial charge >= 0.3 is 0 Å². The van der Waals surface area contributed by atoms with E-state index in [2.05, 4.69) is 16.7 Å². The lowest BCUT2D eigenvalue weighted by molar-refractivity contribution is -0.116. The Morgan fingerprint density at radius 1 is 0.949 bits per heavy atom. The normalized spacial score (nSPS) is 12.9. The van der Waals surface area contributed by atoms with Crippen molar-refractivity contribution < 1.29 is 14.4 Å². The summed E-state index contributed by atoms with van der Waals surface area (Å²) in [6.45, 7) is 0.723. The zero-order valence-electron chi connectivity index (χ0n) is 21.1. The van der Waals surface area contributed by atoms with Gasteiger partial charge in [0.2, 0.25) is 5.91 Å². The van der Waals surface area contributed by atoms with Crippen LogP contribution in [-0.2, 0) is 16.0 Å². The second-order valence-electron chi connectivity index (χ2n) is 8.98. The van der Waals surface area contributed by atoms with Gasteiger partial charge in [-0.25, -0.2) is 0 Å². The number of hydrogen-bond donors (Lipinski definition) is 2. The maximum atomic E-state index is 13.2. The number of thiophene rings is 1. The summed E-state index contributed by atoms with van der Waals surface area (Å²) < 4.78 is 0. The van der Waals surface area contributed by atoms with Crippen LogP contribution in [0, 0.1) is 0 Å². The Bertz CT molecular complexity index is 1500. The number of benzene rings is 3. The molecule has 2 heterocycles. The van der Waals surface area contributed by atoms with Crippen LogP contribution in [0.1, 0.15) is 27.9 Å². The standard InChI is InChI=1S/C31H27N3O3S2/c35-29(34-16-7-11-23-8-4-5-14-28(23)34)21-39-26-13-6-12-25(19-26)32-31(37)27(18-22-15-17-38-20-22)33-30(36)24-9-2-1-3-10-24/h1-6,8-10,12-15,17-20H,7,11,16,21H2,(H,32,37)(H,33,36)/b27-18-. The summed E-state index contributed by atoms with van der Waals surface area (Å²) in [4.78, 5) is 41.8. The quantitative estimate of drug-likeness (QED) is 0.200. The third-order valence-corrected chi connectivity index (χ3v) is 7.93. The Kier molecular flexibility index (Phi) is 8.55. The summed E-state index contributed by atoms with van der Waals surface area (Å²) >= 11 is 2.94. The Labute approximate surface area is 235 Å².